The second kappa shape index (κ2) is 11.5. The Hall–Kier alpha value is -3.41. The summed E-state index contributed by atoms with van der Waals surface area (Å²) < 4.78 is 25.6. The lowest BCUT2D eigenvalue weighted by molar-refractivity contribution is 0.195. The fourth-order valence-corrected chi connectivity index (χ4v) is 5.59. The fourth-order valence-electron chi connectivity index (χ4n) is 4.45. The van der Waals surface area contributed by atoms with Crippen LogP contribution in [0.15, 0.2) is 46.6 Å². The third-order valence-electron chi connectivity index (χ3n) is 6.22. The van der Waals surface area contributed by atoms with Gasteiger partial charge in [-0.1, -0.05) is 0 Å². The predicted octanol–water partition coefficient (Wildman–Crippen LogP) is 6.01. The van der Waals surface area contributed by atoms with Gasteiger partial charge in [-0.05, 0) is 69.5 Å². The Kier molecular flexibility index (Phi) is 7.96. The SMILES string of the molecule is COCCCc1cn(-c2nc(NCc3cc(OC)c(OC)c(OC)c3)nc3ccsc23)c2cc(Br)ncc12. The van der Waals surface area contributed by atoms with E-state index in [0.29, 0.717) is 36.3 Å². The van der Waals surface area contributed by atoms with E-state index in [-0.39, 0.29) is 0 Å². The molecule has 198 valence electrons. The van der Waals surface area contributed by atoms with E-state index in [1.165, 1.54) is 5.56 Å². The van der Waals surface area contributed by atoms with Crippen molar-refractivity contribution in [1.29, 1.82) is 0 Å². The van der Waals surface area contributed by atoms with Crippen molar-refractivity contribution in [2.24, 2.45) is 0 Å². The maximum atomic E-state index is 5.50. The number of hydrogen-bond donors (Lipinski definition) is 1. The first-order valence-electron chi connectivity index (χ1n) is 12.0. The quantitative estimate of drug-likeness (QED) is 0.146. The summed E-state index contributed by atoms with van der Waals surface area (Å²) in [7, 11) is 6.52. The number of anilines is 1. The largest absolute Gasteiger partial charge is 0.493 e. The number of thiophene rings is 1. The Balaban J connectivity index is 1.53. The van der Waals surface area contributed by atoms with Gasteiger partial charge in [-0.2, -0.15) is 4.98 Å². The van der Waals surface area contributed by atoms with Gasteiger partial charge in [0.25, 0.3) is 0 Å². The smallest absolute Gasteiger partial charge is 0.225 e. The summed E-state index contributed by atoms with van der Waals surface area (Å²) in [4.78, 5) is 14.2. The Morgan fingerprint density at radius 1 is 1.03 bits per heavy atom. The van der Waals surface area contributed by atoms with Crippen molar-refractivity contribution in [2.75, 3.05) is 40.4 Å². The molecule has 0 aliphatic rings. The topological polar surface area (TPSA) is 92.6 Å². The minimum atomic E-state index is 0.468. The number of aryl methyl sites for hydroxylation is 1. The lowest BCUT2D eigenvalue weighted by atomic mass is 10.1. The summed E-state index contributed by atoms with van der Waals surface area (Å²) in [5, 5.41) is 6.51. The highest BCUT2D eigenvalue weighted by atomic mass is 79.9. The molecule has 4 aromatic heterocycles. The second-order valence-electron chi connectivity index (χ2n) is 8.54. The minimum Gasteiger partial charge on any atom is -0.493 e. The minimum absolute atomic E-state index is 0.468. The molecule has 0 aliphatic carbocycles. The van der Waals surface area contributed by atoms with Crippen LogP contribution in [0, 0.1) is 0 Å². The van der Waals surface area contributed by atoms with Crippen molar-refractivity contribution < 1.29 is 18.9 Å². The van der Waals surface area contributed by atoms with Gasteiger partial charge in [0.2, 0.25) is 11.7 Å². The monoisotopic (exact) mass is 597 g/mol. The van der Waals surface area contributed by atoms with Gasteiger partial charge in [0.05, 0.1) is 37.1 Å². The van der Waals surface area contributed by atoms with Crippen LogP contribution in [0.4, 0.5) is 5.95 Å². The van der Waals surface area contributed by atoms with Gasteiger partial charge in [-0.3, -0.25) is 4.57 Å². The van der Waals surface area contributed by atoms with E-state index in [0.717, 1.165) is 49.9 Å². The van der Waals surface area contributed by atoms with E-state index < -0.39 is 0 Å². The molecule has 0 saturated carbocycles. The van der Waals surface area contributed by atoms with Crippen molar-refractivity contribution in [1.82, 2.24) is 19.5 Å². The molecule has 1 aromatic carbocycles. The van der Waals surface area contributed by atoms with Crippen molar-refractivity contribution >= 4 is 54.3 Å². The first kappa shape index (κ1) is 26.2. The highest BCUT2D eigenvalue weighted by Gasteiger charge is 2.18. The standard InChI is InChI=1S/C27H28BrN5O4S/c1-34-8-5-6-17-15-33(20-12-23(28)29-14-18(17)20)26-25-19(7-9-38-25)31-27(32-26)30-13-16-10-21(35-2)24(37-4)22(11-16)36-3/h7,9-12,14-15H,5-6,8,13H2,1-4H3,(H,30,31,32). The van der Waals surface area contributed by atoms with E-state index in [1.54, 1.807) is 39.8 Å². The molecule has 11 heteroatoms. The Labute approximate surface area is 232 Å². The van der Waals surface area contributed by atoms with Crippen LogP contribution in [-0.4, -0.2) is 54.6 Å². The third kappa shape index (κ3) is 5.13. The number of ether oxygens (including phenoxy) is 4. The van der Waals surface area contributed by atoms with Crippen LogP contribution >= 0.6 is 27.3 Å². The molecule has 0 spiro atoms. The average Bonchev–Trinajstić information content (AvgIpc) is 3.55. The van der Waals surface area contributed by atoms with E-state index in [1.807, 2.05) is 35.8 Å². The first-order valence-corrected chi connectivity index (χ1v) is 13.7. The summed E-state index contributed by atoms with van der Waals surface area (Å²) >= 11 is 5.16. The van der Waals surface area contributed by atoms with Crippen molar-refractivity contribution in [3.8, 4) is 23.1 Å². The highest BCUT2D eigenvalue weighted by Crippen LogP contribution is 2.38. The van der Waals surface area contributed by atoms with E-state index >= 15 is 0 Å². The molecule has 38 heavy (non-hydrogen) atoms. The van der Waals surface area contributed by atoms with Gasteiger partial charge >= 0.3 is 0 Å². The number of fused-ring (bicyclic) bond motifs is 2. The maximum absolute atomic E-state index is 5.50. The summed E-state index contributed by atoms with van der Waals surface area (Å²) in [6.45, 7) is 1.17. The van der Waals surface area contributed by atoms with Crippen LogP contribution < -0.4 is 19.5 Å². The van der Waals surface area contributed by atoms with Gasteiger partial charge in [-0.25, -0.2) is 9.97 Å². The van der Waals surface area contributed by atoms with Gasteiger partial charge in [0.15, 0.2) is 17.3 Å². The molecule has 0 saturated heterocycles. The van der Waals surface area contributed by atoms with Gasteiger partial charge in [0, 0.05) is 38.0 Å². The Bertz CT molecular complexity index is 1560. The summed E-state index contributed by atoms with van der Waals surface area (Å²) in [6, 6.07) is 7.86. The predicted molar refractivity (Wildman–Crippen MR) is 153 cm³/mol. The molecule has 0 radical (unpaired) electrons. The van der Waals surface area contributed by atoms with E-state index in [2.05, 4.69) is 37.0 Å². The number of pyridine rings is 1. The first-order chi connectivity index (χ1) is 18.6. The molecular weight excluding hydrogens is 570 g/mol. The van der Waals surface area contributed by atoms with Crippen molar-refractivity contribution in [3.63, 3.8) is 0 Å². The Morgan fingerprint density at radius 2 is 1.82 bits per heavy atom. The van der Waals surface area contributed by atoms with Gasteiger partial charge < -0.3 is 24.3 Å². The van der Waals surface area contributed by atoms with Crippen molar-refractivity contribution in [3.05, 3.63) is 57.8 Å². The van der Waals surface area contributed by atoms with Crippen LogP contribution in [0.25, 0.3) is 26.9 Å². The molecule has 9 nitrogen and oxygen atoms in total. The zero-order chi connectivity index (χ0) is 26.6. The molecule has 5 aromatic rings. The number of rotatable bonds is 11. The zero-order valence-electron chi connectivity index (χ0n) is 21.6. The highest BCUT2D eigenvalue weighted by molar-refractivity contribution is 9.10. The molecule has 0 fully saturated rings. The van der Waals surface area contributed by atoms with Crippen LogP contribution in [0.1, 0.15) is 17.5 Å². The van der Waals surface area contributed by atoms with Crippen LogP contribution in [0.2, 0.25) is 0 Å². The summed E-state index contributed by atoms with van der Waals surface area (Å²) in [6.07, 6.45) is 5.87. The molecule has 0 amide bonds. The number of benzene rings is 1. The van der Waals surface area contributed by atoms with Crippen LogP contribution in [-0.2, 0) is 17.7 Å². The van der Waals surface area contributed by atoms with Gasteiger partial charge in [0.1, 0.15) is 4.60 Å². The lowest BCUT2D eigenvalue weighted by Crippen LogP contribution is -2.07. The number of aromatic nitrogens is 4. The normalized spacial score (nSPS) is 11.3. The third-order valence-corrected chi connectivity index (χ3v) is 7.56. The van der Waals surface area contributed by atoms with Crippen LogP contribution in [0.5, 0.6) is 17.2 Å². The molecule has 0 bridgehead atoms. The van der Waals surface area contributed by atoms with E-state index in [9.17, 15) is 0 Å². The second-order valence-corrected chi connectivity index (χ2v) is 10.3. The van der Waals surface area contributed by atoms with Crippen LogP contribution in [0.3, 0.4) is 0 Å². The molecular formula is C27H28BrN5O4S. The lowest BCUT2D eigenvalue weighted by Gasteiger charge is -2.15. The number of hydrogen-bond acceptors (Lipinski definition) is 9. The fraction of sp³-hybridized carbons (Fsp3) is 0.296. The molecule has 4 heterocycles. The van der Waals surface area contributed by atoms with Gasteiger partial charge in [-0.15, -0.1) is 11.3 Å². The maximum Gasteiger partial charge on any atom is 0.225 e. The average molecular weight is 599 g/mol. The molecule has 0 unspecified atom stereocenters. The zero-order valence-corrected chi connectivity index (χ0v) is 24.0. The summed E-state index contributed by atoms with van der Waals surface area (Å²) in [5.41, 5.74) is 4.05. The number of nitrogens with one attached hydrogen (secondary N) is 1. The van der Waals surface area contributed by atoms with Crippen molar-refractivity contribution in [2.45, 2.75) is 19.4 Å². The number of methoxy groups -OCH3 is 4. The molecule has 5 rings (SSSR count). The molecule has 1 N–H and O–H groups in total. The number of nitrogens with zero attached hydrogens (tertiary/aromatic N) is 4. The van der Waals surface area contributed by atoms with E-state index in [4.69, 9.17) is 28.9 Å². The number of halogens is 1. The summed E-state index contributed by atoms with van der Waals surface area (Å²) in [5.74, 6) is 3.09. The molecule has 0 aliphatic heterocycles. The molecule has 0 atom stereocenters. The Morgan fingerprint density at radius 3 is 2.53 bits per heavy atom.